The molecule has 14 heteroatoms. The molecule has 0 saturated carbocycles. The molecule has 0 aliphatic carbocycles. The maximum absolute atomic E-state index is 13.9. The van der Waals surface area contributed by atoms with E-state index in [1.807, 2.05) is 0 Å². The third-order valence-corrected chi connectivity index (χ3v) is 10.2. The summed E-state index contributed by atoms with van der Waals surface area (Å²) < 4.78 is 28.9. The lowest BCUT2D eigenvalue weighted by Crippen LogP contribution is -2.32. The number of hydrogen-bond donors (Lipinski definition) is 3. The number of para-hydroxylation sites is 2. The topological polar surface area (TPSA) is 169 Å². The lowest BCUT2D eigenvalue weighted by atomic mass is 9.82. The fourth-order valence-corrected chi connectivity index (χ4v) is 8.14. The minimum atomic E-state index is -3.87. The third-order valence-electron chi connectivity index (χ3n) is 6.92. The first-order valence-electron chi connectivity index (χ1n) is 12.6. The summed E-state index contributed by atoms with van der Waals surface area (Å²) in [6.45, 7) is -0.400. The number of anilines is 2. The van der Waals surface area contributed by atoms with Crippen LogP contribution in [0.2, 0.25) is 0 Å². The van der Waals surface area contributed by atoms with Crippen LogP contribution < -0.4 is 25.0 Å². The van der Waals surface area contributed by atoms with Gasteiger partial charge in [-0.25, -0.2) is 18.5 Å². The predicted octanol–water partition coefficient (Wildman–Crippen LogP) is 2.90. The normalized spacial score (nSPS) is 19.7. The third kappa shape index (κ3) is 5.13. The van der Waals surface area contributed by atoms with Gasteiger partial charge in [-0.05, 0) is 42.5 Å². The number of ether oxygens (including phenoxy) is 1. The summed E-state index contributed by atoms with van der Waals surface area (Å²) in [4.78, 5) is 56.8. The standard InChI is InChI=1S/C28H22N4O7S3/c29-42(37,38)17-12-10-15(11-13-17)30-20(33)14-39-19-9-5-4-8-18(19)21-22-24(40-25-23(21)41-28(36)31-25)27(35)32(26(22)34)16-6-2-1-3-7-16/h1-13,21-22,24H,14H2,(H,30,33)(H,31,36)(H2,29,37,38). The van der Waals surface area contributed by atoms with Crippen LogP contribution >= 0.6 is 23.1 Å². The predicted molar refractivity (Wildman–Crippen MR) is 157 cm³/mol. The van der Waals surface area contributed by atoms with E-state index in [2.05, 4.69) is 10.3 Å². The second kappa shape index (κ2) is 10.9. The Balaban J connectivity index is 1.29. The molecule has 0 radical (unpaired) electrons. The van der Waals surface area contributed by atoms with E-state index >= 15 is 0 Å². The molecule has 4 aromatic rings. The Morgan fingerprint density at radius 1 is 0.952 bits per heavy atom. The summed E-state index contributed by atoms with van der Waals surface area (Å²) >= 11 is 2.16. The van der Waals surface area contributed by atoms with Gasteiger partial charge in [0.1, 0.15) is 11.0 Å². The van der Waals surface area contributed by atoms with Gasteiger partial charge in [0.15, 0.2) is 6.61 Å². The number of hydrogen-bond acceptors (Lipinski definition) is 9. The van der Waals surface area contributed by atoms with Crippen LogP contribution in [0.4, 0.5) is 11.4 Å². The van der Waals surface area contributed by atoms with Gasteiger partial charge >= 0.3 is 4.87 Å². The number of amides is 3. The zero-order valence-electron chi connectivity index (χ0n) is 21.6. The number of rotatable bonds is 7. The SMILES string of the molecule is NS(=O)(=O)c1ccc(NC(=O)COc2ccccc2C2c3sc(=O)[nH]c3SC3C(=O)N(c4ccccc4)C(=O)C32)cc1. The minimum Gasteiger partial charge on any atom is -0.483 e. The number of nitrogens with two attached hydrogens (primary N) is 1. The minimum absolute atomic E-state index is 0.0909. The second-order valence-electron chi connectivity index (χ2n) is 9.54. The van der Waals surface area contributed by atoms with Gasteiger partial charge in [-0.1, -0.05) is 59.5 Å². The second-order valence-corrected chi connectivity index (χ2v) is 13.3. The molecule has 2 aliphatic heterocycles. The van der Waals surface area contributed by atoms with Gasteiger partial charge in [0.05, 0.1) is 21.5 Å². The summed E-state index contributed by atoms with van der Waals surface area (Å²) in [5.74, 6) is -2.42. The molecule has 3 heterocycles. The largest absolute Gasteiger partial charge is 0.483 e. The average Bonchev–Trinajstić information content (AvgIpc) is 3.46. The molecular weight excluding hydrogens is 601 g/mol. The number of primary sulfonamides is 1. The number of carbonyl (C=O) groups excluding carboxylic acids is 3. The maximum Gasteiger partial charge on any atom is 0.305 e. The molecule has 0 spiro atoms. The highest BCUT2D eigenvalue weighted by molar-refractivity contribution is 8.00. The molecule has 3 atom stereocenters. The first-order chi connectivity index (χ1) is 20.1. The van der Waals surface area contributed by atoms with E-state index in [9.17, 15) is 27.6 Å². The Hall–Kier alpha value is -4.24. The van der Waals surface area contributed by atoms with Crippen molar-refractivity contribution in [2.45, 2.75) is 21.1 Å². The zero-order valence-corrected chi connectivity index (χ0v) is 24.0. The van der Waals surface area contributed by atoms with Crippen LogP contribution in [-0.4, -0.2) is 43.0 Å². The molecule has 1 aromatic heterocycles. The van der Waals surface area contributed by atoms with Crippen LogP contribution in [0.5, 0.6) is 5.75 Å². The van der Waals surface area contributed by atoms with E-state index in [1.165, 1.54) is 40.9 Å². The van der Waals surface area contributed by atoms with Gasteiger partial charge in [0.2, 0.25) is 21.8 Å². The van der Waals surface area contributed by atoms with E-state index in [0.717, 1.165) is 11.3 Å². The summed E-state index contributed by atoms with van der Waals surface area (Å²) in [5.41, 5.74) is 1.37. The Labute approximate surface area is 247 Å². The molecule has 0 bridgehead atoms. The van der Waals surface area contributed by atoms with Crippen LogP contribution in [0.1, 0.15) is 16.4 Å². The fourth-order valence-electron chi connectivity index (χ4n) is 5.12. The maximum atomic E-state index is 13.9. The molecule has 4 N–H and O–H groups in total. The molecule has 214 valence electrons. The Kier molecular flexibility index (Phi) is 7.22. The van der Waals surface area contributed by atoms with Gasteiger partial charge in [-0.15, -0.1) is 0 Å². The van der Waals surface area contributed by atoms with Crippen LogP contribution in [0.3, 0.4) is 0 Å². The number of nitrogens with zero attached hydrogens (tertiary/aromatic N) is 1. The number of aromatic nitrogens is 1. The van der Waals surface area contributed by atoms with Crippen molar-refractivity contribution < 1.29 is 27.5 Å². The van der Waals surface area contributed by atoms with Crippen LogP contribution in [0.15, 0.2) is 93.6 Å². The molecule has 1 saturated heterocycles. The molecule has 11 nitrogen and oxygen atoms in total. The zero-order chi connectivity index (χ0) is 29.6. The number of H-pyrrole nitrogens is 1. The van der Waals surface area contributed by atoms with E-state index in [-0.39, 0.29) is 21.6 Å². The lowest BCUT2D eigenvalue weighted by Gasteiger charge is -2.30. The fraction of sp³-hybridized carbons (Fsp3) is 0.143. The van der Waals surface area contributed by atoms with Gasteiger partial charge in [0.25, 0.3) is 5.91 Å². The number of benzene rings is 3. The number of carbonyl (C=O) groups is 3. The summed E-state index contributed by atoms with van der Waals surface area (Å²) in [7, 11) is -3.87. The van der Waals surface area contributed by atoms with Crippen LogP contribution in [0, 0.1) is 5.92 Å². The number of imide groups is 1. The number of thiazole rings is 1. The molecule has 3 aromatic carbocycles. The van der Waals surface area contributed by atoms with Crippen molar-refractivity contribution in [3.8, 4) is 5.75 Å². The summed E-state index contributed by atoms with van der Waals surface area (Å²) in [6, 6.07) is 20.9. The van der Waals surface area contributed by atoms with E-state index in [4.69, 9.17) is 9.88 Å². The lowest BCUT2D eigenvalue weighted by molar-refractivity contribution is -0.122. The monoisotopic (exact) mass is 622 g/mol. The molecule has 42 heavy (non-hydrogen) atoms. The van der Waals surface area contributed by atoms with Crippen LogP contribution in [-0.2, 0) is 24.4 Å². The number of aromatic amines is 1. The van der Waals surface area contributed by atoms with Crippen molar-refractivity contribution in [1.29, 1.82) is 0 Å². The number of thioether (sulfide) groups is 1. The van der Waals surface area contributed by atoms with Crippen molar-refractivity contribution in [1.82, 2.24) is 4.98 Å². The molecule has 2 aliphatic rings. The highest BCUT2D eigenvalue weighted by atomic mass is 32.2. The quantitative estimate of drug-likeness (QED) is 0.264. The molecule has 3 amide bonds. The molecule has 1 fully saturated rings. The number of sulfonamides is 1. The van der Waals surface area contributed by atoms with Gasteiger partial charge in [-0.2, -0.15) is 0 Å². The molecule has 6 rings (SSSR count). The Morgan fingerprint density at radius 2 is 1.64 bits per heavy atom. The van der Waals surface area contributed by atoms with Gasteiger partial charge in [-0.3, -0.25) is 19.2 Å². The van der Waals surface area contributed by atoms with Crippen molar-refractivity contribution >= 4 is 62.2 Å². The van der Waals surface area contributed by atoms with Gasteiger partial charge < -0.3 is 15.0 Å². The highest BCUT2D eigenvalue weighted by Crippen LogP contribution is 2.54. The number of fused-ring (bicyclic) bond motifs is 2. The molecule has 3 unspecified atom stereocenters. The van der Waals surface area contributed by atoms with Crippen LogP contribution in [0.25, 0.3) is 0 Å². The van der Waals surface area contributed by atoms with Crippen molar-refractivity contribution in [3.05, 3.63) is 99.0 Å². The smallest absolute Gasteiger partial charge is 0.305 e. The number of nitrogens with one attached hydrogen (secondary N) is 2. The van der Waals surface area contributed by atoms with Crippen molar-refractivity contribution in [2.75, 3.05) is 16.8 Å². The summed E-state index contributed by atoms with van der Waals surface area (Å²) in [5, 5.41) is 7.51. The van der Waals surface area contributed by atoms with E-state index in [0.29, 0.717) is 32.6 Å². The first kappa shape index (κ1) is 27.9. The van der Waals surface area contributed by atoms with E-state index < -0.39 is 39.6 Å². The average molecular weight is 623 g/mol. The molecular formula is C28H22N4O7S3. The Morgan fingerprint density at radius 3 is 2.36 bits per heavy atom. The first-order valence-corrected chi connectivity index (χ1v) is 15.8. The van der Waals surface area contributed by atoms with Gasteiger partial charge in [0, 0.05) is 22.0 Å². The van der Waals surface area contributed by atoms with Crippen molar-refractivity contribution in [3.63, 3.8) is 0 Å². The Bertz CT molecular complexity index is 1870. The van der Waals surface area contributed by atoms with E-state index in [1.54, 1.807) is 54.6 Å². The van der Waals surface area contributed by atoms with Crippen molar-refractivity contribution in [2.24, 2.45) is 11.1 Å². The summed E-state index contributed by atoms with van der Waals surface area (Å²) in [6.07, 6.45) is 0. The highest BCUT2D eigenvalue weighted by Gasteiger charge is 2.56.